The van der Waals surface area contributed by atoms with Crippen molar-refractivity contribution in [1.82, 2.24) is 29.5 Å². The number of aromatic hydroxyl groups is 1. The van der Waals surface area contributed by atoms with Crippen LogP contribution in [-0.2, 0) is 17.9 Å². The SMILES string of the molecule is C=CC(=O)N1CCN2C(=O)c3c(N4Cc5ncnn5C[C@@H]4C)nc(-c4c(O)cccc4F)c(Cl)c3OCC2C1. The number of ether oxygens (including phenoxy) is 1. The second kappa shape index (κ2) is 9.53. The fourth-order valence-electron chi connectivity index (χ4n) is 5.40. The van der Waals surface area contributed by atoms with Crippen LogP contribution in [0.5, 0.6) is 11.5 Å². The summed E-state index contributed by atoms with van der Waals surface area (Å²) in [5, 5.41) is 14.7. The molecule has 2 amide bonds. The number of hydrogen-bond donors (Lipinski definition) is 1. The van der Waals surface area contributed by atoms with E-state index < -0.39 is 11.9 Å². The molecule has 2 atom stereocenters. The lowest BCUT2D eigenvalue weighted by atomic mass is 10.0. The van der Waals surface area contributed by atoms with Gasteiger partial charge in [-0.05, 0) is 25.1 Å². The van der Waals surface area contributed by atoms with E-state index in [0.717, 1.165) is 0 Å². The Morgan fingerprint density at radius 2 is 2.08 bits per heavy atom. The maximum atomic E-state index is 15.0. The first-order chi connectivity index (χ1) is 18.8. The second-order valence-corrected chi connectivity index (χ2v) is 10.1. The number of piperazine rings is 1. The molecule has 3 aliphatic heterocycles. The zero-order chi connectivity index (χ0) is 27.4. The highest BCUT2D eigenvalue weighted by molar-refractivity contribution is 6.35. The first-order valence-corrected chi connectivity index (χ1v) is 12.9. The molecule has 3 aliphatic rings. The molecule has 0 bridgehead atoms. The lowest BCUT2D eigenvalue weighted by Crippen LogP contribution is -2.57. The summed E-state index contributed by atoms with van der Waals surface area (Å²) < 4.78 is 23.0. The number of rotatable bonds is 3. The molecule has 13 heteroatoms. The van der Waals surface area contributed by atoms with Crippen LogP contribution in [0.2, 0.25) is 5.02 Å². The molecule has 39 heavy (non-hydrogen) atoms. The summed E-state index contributed by atoms with van der Waals surface area (Å²) in [6.07, 6.45) is 2.71. The molecule has 1 N–H and O–H groups in total. The van der Waals surface area contributed by atoms with E-state index in [2.05, 4.69) is 16.7 Å². The zero-order valence-electron chi connectivity index (χ0n) is 21.0. The van der Waals surface area contributed by atoms with E-state index >= 15 is 4.39 Å². The maximum absolute atomic E-state index is 15.0. The molecule has 11 nitrogen and oxygen atoms in total. The minimum absolute atomic E-state index is 0.0450. The zero-order valence-corrected chi connectivity index (χ0v) is 21.8. The summed E-state index contributed by atoms with van der Waals surface area (Å²) in [7, 11) is 0. The molecule has 0 aliphatic carbocycles. The van der Waals surface area contributed by atoms with Crippen molar-refractivity contribution in [3.05, 3.63) is 59.4 Å². The number of pyridine rings is 1. The molecule has 5 heterocycles. The number of phenolic OH excluding ortho intramolecular Hbond substituents is 1. The van der Waals surface area contributed by atoms with Gasteiger partial charge in [-0.25, -0.2) is 19.0 Å². The summed E-state index contributed by atoms with van der Waals surface area (Å²) in [6, 6.07) is 3.29. The van der Waals surface area contributed by atoms with E-state index in [4.69, 9.17) is 21.3 Å². The van der Waals surface area contributed by atoms with Gasteiger partial charge >= 0.3 is 0 Å². The summed E-state index contributed by atoms with van der Waals surface area (Å²) in [5.41, 5.74) is -0.0954. The third kappa shape index (κ3) is 4.06. The molecular weight excluding hydrogens is 529 g/mol. The number of nitrogens with zero attached hydrogens (tertiary/aromatic N) is 7. The summed E-state index contributed by atoms with van der Waals surface area (Å²) >= 11 is 6.79. The predicted octanol–water partition coefficient (Wildman–Crippen LogP) is 2.48. The van der Waals surface area contributed by atoms with Gasteiger partial charge in [-0.3, -0.25) is 9.59 Å². The monoisotopic (exact) mass is 553 g/mol. The Balaban J connectivity index is 1.52. The van der Waals surface area contributed by atoms with Crippen LogP contribution in [0.25, 0.3) is 11.3 Å². The van der Waals surface area contributed by atoms with Crippen molar-refractivity contribution in [2.75, 3.05) is 31.1 Å². The van der Waals surface area contributed by atoms with Gasteiger partial charge in [-0.2, -0.15) is 5.10 Å². The quantitative estimate of drug-likeness (QED) is 0.492. The van der Waals surface area contributed by atoms with Crippen molar-refractivity contribution in [2.45, 2.75) is 32.1 Å². The highest BCUT2D eigenvalue weighted by atomic mass is 35.5. The van der Waals surface area contributed by atoms with Crippen molar-refractivity contribution in [1.29, 1.82) is 0 Å². The first kappa shape index (κ1) is 25.1. The largest absolute Gasteiger partial charge is 0.507 e. The van der Waals surface area contributed by atoms with E-state index in [-0.39, 0.29) is 83.3 Å². The van der Waals surface area contributed by atoms with E-state index in [1.165, 1.54) is 30.6 Å². The number of benzene rings is 1. The smallest absolute Gasteiger partial charge is 0.261 e. The van der Waals surface area contributed by atoms with Crippen molar-refractivity contribution in [3.8, 4) is 22.8 Å². The van der Waals surface area contributed by atoms with Crippen LogP contribution in [0.1, 0.15) is 23.1 Å². The minimum Gasteiger partial charge on any atom is -0.507 e. The maximum Gasteiger partial charge on any atom is 0.261 e. The van der Waals surface area contributed by atoms with Crippen LogP contribution in [0.15, 0.2) is 37.2 Å². The lowest BCUT2D eigenvalue weighted by Gasteiger charge is -2.40. The van der Waals surface area contributed by atoms with Gasteiger partial charge in [-0.1, -0.05) is 24.2 Å². The van der Waals surface area contributed by atoms with Crippen molar-refractivity contribution >= 4 is 29.2 Å². The molecule has 202 valence electrons. The third-order valence-corrected chi connectivity index (χ3v) is 7.77. The van der Waals surface area contributed by atoms with E-state index in [1.807, 2.05) is 11.8 Å². The molecule has 1 aromatic carbocycles. The van der Waals surface area contributed by atoms with Crippen molar-refractivity contribution in [3.63, 3.8) is 0 Å². The molecule has 3 aromatic rings. The number of hydrogen-bond acceptors (Lipinski definition) is 8. The Kier molecular flexibility index (Phi) is 6.13. The number of carbonyl (C=O) groups excluding carboxylic acids is 2. The standard InChI is InChI=1S/C26H25ClFN7O4/c1-3-19(37)32-7-8-33-15(10-32)12-39-24-21(26(33)38)25(34-11-18-29-13-30-35(18)9-14(34)2)31-23(22(24)27)20-16(28)5-4-6-17(20)36/h3-6,13-15,36H,1,7-12H2,2H3/t14-,15?/m0/s1. The van der Waals surface area contributed by atoms with Crippen LogP contribution < -0.4 is 9.64 Å². The number of phenols is 1. The summed E-state index contributed by atoms with van der Waals surface area (Å²) in [4.78, 5) is 40.7. The summed E-state index contributed by atoms with van der Waals surface area (Å²) in [6.45, 7) is 7.20. The van der Waals surface area contributed by atoms with Gasteiger partial charge in [0, 0.05) is 25.7 Å². The van der Waals surface area contributed by atoms with Crippen LogP contribution >= 0.6 is 11.6 Å². The normalized spacial score (nSPS) is 20.5. The molecule has 0 saturated carbocycles. The Morgan fingerprint density at radius 1 is 1.26 bits per heavy atom. The number of carbonyl (C=O) groups is 2. The first-order valence-electron chi connectivity index (χ1n) is 12.5. The third-order valence-electron chi connectivity index (χ3n) is 7.42. The van der Waals surface area contributed by atoms with Crippen LogP contribution in [0.3, 0.4) is 0 Å². The van der Waals surface area contributed by atoms with E-state index in [9.17, 15) is 14.7 Å². The highest BCUT2D eigenvalue weighted by Crippen LogP contribution is 2.46. The van der Waals surface area contributed by atoms with E-state index in [1.54, 1.807) is 14.5 Å². The Bertz CT molecular complexity index is 1490. The van der Waals surface area contributed by atoms with Crippen molar-refractivity contribution < 1.29 is 23.8 Å². The van der Waals surface area contributed by atoms with Crippen molar-refractivity contribution in [2.24, 2.45) is 0 Å². The number of amides is 2. The molecule has 6 rings (SSSR count). The topological polar surface area (TPSA) is 117 Å². The Hall–Kier alpha value is -4.19. The van der Waals surface area contributed by atoms with Gasteiger partial charge in [-0.15, -0.1) is 0 Å². The average Bonchev–Trinajstić information content (AvgIpc) is 3.32. The fourth-order valence-corrected chi connectivity index (χ4v) is 5.69. The molecule has 0 radical (unpaired) electrons. The van der Waals surface area contributed by atoms with E-state index in [0.29, 0.717) is 18.9 Å². The van der Waals surface area contributed by atoms with Gasteiger partial charge in [0.25, 0.3) is 5.91 Å². The van der Waals surface area contributed by atoms with Gasteiger partial charge < -0.3 is 24.5 Å². The highest BCUT2D eigenvalue weighted by Gasteiger charge is 2.42. The number of halogens is 2. The summed E-state index contributed by atoms with van der Waals surface area (Å²) in [5.74, 6) is -0.691. The van der Waals surface area contributed by atoms with Gasteiger partial charge in [0.05, 0.1) is 24.7 Å². The number of fused-ring (bicyclic) bond motifs is 3. The molecular formula is C26H25ClFN7O4. The van der Waals surface area contributed by atoms with Crippen LogP contribution in [-0.4, -0.2) is 84.8 Å². The molecule has 0 spiro atoms. The average molecular weight is 554 g/mol. The Morgan fingerprint density at radius 3 is 2.85 bits per heavy atom. The van der Waals surface area contributed by atoms with Gasteiger partial charge in [0.2, 0.25) is 5.91 Å². The fraction of sp³-hybridized carbons (Fsp3) is 0.346. The molecule has 1 saturated heterocycles. The second-order valence-electron chi connectivity index (χ2n) is 9.72. The molecule has 2 aromatic heterocycles. The number of aromatic nitrogens is 4. The van der Waals surface area contributed by atoms with Gasteiger partial charge in [0.15, 0.2) is 5.75 Å². The van der Waals surface area contributed by atoms with Crippen LogP contribution in [0.4, 0.5) is 10.2 Å². The van der Waals surface area contributed by atoms with Gasteiger partial charge in [0.1, 0.15) is 52.4 Å². The Labute approximate surface area is 228 Å². The minimum atomic E-state index is -0.724. The molecule has 1 unspecified atom stereocenters. The number of anilines is 1. The predicted molar refractivity (Wildman–Crippen MR) is 139 cm³/mol. The molecule has 1 fully saturated rings. The lowest BCUT2D eigenvalue weighted by molar-refractivity contribution is -0.128. The van der Waals surface area contributed by atoms with Crippen LogP contribution in [0, 0.1) is 5.82 Å².